The lowest BCUT2D eigenvalue weighted by atomic mass is 9.93. The molecule has 4 aromatic rings. The summed E-state index contributed by atoms with van der Waals surface area (Å²) < 4.78 is 5.50. The number of carbonyl (C=O) groups excluding carboxylic acids is 1. The summed E-state index contributed by atoms with van der Waals surface area (Å²) in [5.74, 6) is 0.761. The molecule has 5 rings (SSSR count). The molecule has 0 N–H and O–H groups in total. The van der Waals surface area contributed by atoms with Crippen molar-refractivity contribution < 1.29 is 9.53 Å². The monoisotopic (exact) mass is 462 g/mol. The second-order valence-corrected chi connectivity index (χ2v) is 9.19. The van der Waals surface area contributed by atoms with Gasteiger partial charge in [-0.15, -0.1) is 0 Å². The molecular weight excluding hydrogens is 432 g/mol. The molecule has 0 radical (unpaired) electrons. The first kappa shape index (κ1) is 23.0. The fourth-order valence-corrected chi connectivity index (χ4v) is 4.75. The normalized spacial score (nSPS) is 16.1. The highest BCUT2D eigenvalue weighted by Gasteiger charge is 2.22. The number of hydrogen-bond acceptors (Lipinski definition) is 4. The molecule has 0 aliphatic carbocycles. The van der Waals surface area contributed by atoms with E-state index in [2.05, 4.69) is 47.4 Å². The first-order valence-electron chi connectivity index (χ1n) is 12.3. The summed E-state index contributed by atoms with van der Waals surface area (Å²) >= 11 is 0. The number of piperidine rings is 1. The maximum atomic E-state index is 12.2. The molecule has 1 aromatic heterocycles. The highest BCUT2D eigenvalue weighted by molar-refractivity contribution is 5.75. The van der Waals surface area contributed by atoms with E-state index in [9.17, 15) is 4.79 Å². The van der Waals surface area contributed by atoms with Gasteiger partial charge in [-0.3, -0.25) is 14.7 Å². The van der Waals surface area contributed by atoms with E-state index >= 15 is 0 Å². The van der Waals surface area contributed by atoms with Gasteiger partial charge in [0.05, 0.1) is 6.42 Å². The van der Waals surface area contributed by atoms with Crippen molar-refractivity contribution in [3.8, 4) is 16.9 Å². The average molecular weight is 463 g/mol. The van der Waals surface area contributed by atoms with Crippen molar-refractivity contribution in [3.05, 3.63) is 120 Å². The van der Waals surface area contributed by atoms with Crippen LogP contribution in [-0.4, -0.2) is 28.9 Å². The Morgan fingerprint density at radius 3 is 2.20 bits per heavy atom. The average Bonchev–Trinajstić information content (AvgIpc) is 2.91. The third-order valence-corrected chi connectivity index (χ3v) is 6.57. The molecular formula is C31H30N2O2. The van der Waals surface area contributed by atoms with Crippen LogP contribution in [0, 0.1) is 0 Å². The topological polar surface area (TPSA) is 42.4 Å². The highest BCUT2D eigenvalue weighted by atomic mass is 16.5. The van der Waals surface area contributed by atoms with E-state index in [-0.39, 0.29) is 12.4 Å². The molecule has 3 aromatic carbocycles. The Labute approximate surface area is 207 Å². The summed E-state index contributed by atoms with van der Waals surface area (Å²) in [6.45, 7) is 3.19. The van der Waals surface area contributed by atoms with Crippen LogP contribution in [0.25, 0.3) is 11.1 Å². The summed E-state index contributed by atoms with van der Waals surface area (Å²) in [5, 5.41) is 0. The van der Waals surface area contributed by atoms with Crippen LogP contribution in [0.2, 0.25) is 0 Å². The molecule has 4 nitrogen and oxygen atoms in total. The fraction of sp³-hybridized carbons (Fsp3) is 0.226. The maximum absolute atomic E-state index is 12.2. The Bertz CT molecular complexity index is 1220. The van der Waals surface area contributed by atoms with E-state index < -0.39 is 0 Å². The van der Waals surface area contributed by atoms with E-state index in [1.807, 2.05) is 60.8 Å². The number of hydrogen-bond donors (Lipinski definition) is 0. The number of benzene rings is 3. The molecule has 2 heterocycles. The molecule has 0 saturated carbocycles. The van der Waals surface area contributed by atoms with Crippen molar-refractivity contribution in [3.63, 3.8) is 0 Å². The summed E-state index contributed by atoms with van der Waals surface area (Å²) in [4.78, 5) is 19.6. The van der Waals surface area contributed by atoms with Crippen LogP contribution < -0.4 is 4.74 Å². The number of pyridine rings is 1. The van der Waals surface area contributed by atoms with Crippen LogP contribution in [0.5, 0.6) is 5.75 Å². The smallest absolute Gasteiger partial charge is 0.315 e. The molecule has 4 heteroatoms. The van der Waals surface area contributed by atoms with Crippen LogP contribution in [-0.2, 0) is 17.8 Å². The highest BCUT2D eigenvalue weighted by Crippen LogP contribution is 2.28. The van der Waals surface area contributed by atoms with Gasteiger partial charge in [0, 0.05) is 36.5 Å². The zero-order valence-corrected chi connectivity index (χ0v) is 19.8. The van der Waals surface area contributed by atoms with Gasteiger partial charge in [0.25, 0.3) is 0 Å². The van der Waals surface area contributed by atoms with Crippen molar-refractivity contribution in [2.24, 2.45) is 0 Å². The lowest BCUT2D eigenvalue weighted by Crippen LogP contribution is -2.34. The molecule has 0 amide bonds. The maximum Gasteiger partial charge on any atom is 0.315 e. The largest absolute Gasteiger partial charge is 0.426 e. The first-order chi connectivity index (χ1) is 17.2. The Kier molecular flexibility index (Phi) is 7.30. The number of nitrogens with zero attached hydrogens (tertiary/aromatic N) is 2. The van der Waals surface area contributed by atoms with Crippen molar-refractivity contribution in [2.75, 3.05) is 13.1 Å². The first-order valence-corrected chi connectivity index (χ1v) is 12.3. The SMILES string of the molecule is O=C(Cc1ccccc1)Oc1ccc(-c2ccc(C3CCCN(Cc4ccccc4)C3)nc2)cc1. The van der Waals surface area contributed by atoms with E-state index in [0.29, 0.717) is 11.7 Å². The quantitative estimate of drug-likeness (QED) is 0.240. The summed E-state index contributed by atoms with van der Waals surface area (Å²) in [6.07, 6.45) is 4.60. The molecule has 0 spiro atoms. The standard InChI is InChI=1S/C31H30N2O2/c34-31(20-24-8-3-1-4-9-24)35-29-16-13-26(14-17-29)27-15-18-30(32-21-27)28-12-7-19-33(23-28)22-25-10-5-2-6-11-25/h1-6,8-11,13-18,21,28H,7,12,19-20,22-23H2. The minimum Gasteiger partial charge on any atom is -0.426 e. The van der Waals surface area contributed by atoms with Crippen molar-refractivity contribution >= 4 is 5.97 Å². The molecule has 1 saturated heterocycles. The minimum atomic E-state index is -0.260. The van der Waals surface area contributed by atoms with Gasteiger partial charge in [0.2, 0.25) is 0 Å². The van der Waals surface area contributed by atoms with Crippen LogP contribution in [0.4, 0.5) is 0 Å². The van der Waals surface area contributed by atoms with Crippen molar-refractivity contribution in [1.29, 1.82) is 0 Å². The van der Waals surface area contributed by atoms with Crippen molar-refractivity contribution in [2.45, 2.75) is 31.7 Å². The number of rotatable bonds is 7. The summed E-state index contributed by atoms with van der Waals surface area (Å²) in [7, 11) is 0. The molecule has 1 aliphatic rings. The predicted octanol–water partition coefficient (Wildman–Crippen LogP) is 6.28. The number of likely N-dealkylation sites (tertiary alicyclic amines) is 1. The van der Waals surface area contributed by atoms with Gasteiger partial charge >= 0.3 is 5.97 Å². The minimum absolute atomic E-state index is 0.260. The zero-order chi connectivity index (χ0) is 23.9. The van der Waals surface area contributed by atoms with Gasteiger partial charge in [-0.05, 0) is 54.3 Å². The van der Waals surface area contributed by atoms with E-state index in [1.165, 1.54) is 18.4 Å². The third-order valence-electron chi connectivity index (χ3n) is 6.57. The van der Waals surface area contributed by atoms with Crippen LogP contribution >= 0.6 is 0 Å². The number of ether oxygens (including phenoxy) is 1. The third kappa shape index (κ3) is 6.23. The summed E-state index contributed by atoms with van der Waals surface area (Å²) in [6, 6.07) is 32.3. The summed E-state index contributed by atoms with van der Waals surface area (Å²) in [5.41, 5.74) is 5.60. The molecule has 1 atom stereocenters. The second-order valence-electron chi connectivity index (χ2n) is 9.19. The van der Waals surface area contributed by atoms with Gasteiger partial charge in [0.15, 0.2) is 0 Å². The second kappa shape index (κ2) is 11.1. The van der Waals surface area contributed by atoms with Gasteiger partial charge in [-0.1, -0.05) is 78.9 Å². The number of esters is 1. The molecule has 1 fully saturated rings. The Morgan fingerprint density at radius 2 is 1.51 bits per heavy atom. The lowest BCUT2D eigenvalue weighted by molar-refractivity contribution is -0.133. The predicted molar refractivity (Wildman–Crippen MR) is 139 cm³/mol. The van der Waals surface area contributed by atoms with E-state index in [4.69, 9.17) is 9.72 Å². The van der Waals surface area contributed by atoms with E-state index in [0.717, 1.165) is 42.0 Å². The number of carbonyl (C=O) groups is 1. The van der Waals surface area contributed by atoms with Gasteiger partial charge in [-0.25, -0.2) is 0 Å². The zero-order valence-electron chi connectivity index (χ0n) is 19.8. The van der Waals surface area contributed by atoms with Crippen LogP contribution in [0.1, 0.15) is 35.6 Å². The van der Waals surface area contributed by atoms with E-state index in [1.54, 1.807) is 0 Å². The van der Waals surface area contributed by atoms with Gasteiger partial charge in [-0.2, -0.15) is 0 Å². The van der Waals surface area contributed by atoms with Crippen molar-refractivity contribution in [1.82, 2.24) is 9.88 Å². The Balaban J connectivity index is 1.18. The van der Waals surface area contributed by atoms with Gasteiger partial charge in [0.1, 0.15) is 5.75 Å². The fourth-order valence-electron chi connectivity index (χ4n) is 4.75. The Hall–Kier alpha value is -3.76. The lowest BCUT2D eigenvalue weighted by Gasteiger charge is -2.32. The molecule has 0 bridgehead atoms. The molecule has 176 valence electrons. The number of aromatic nitrogens is 1. The molecule has 35 heavy (non-hydrogen) atoms. The molecule has 1 unspecified atom stereocenters. The molecule has 1 aliphatic heterocycles. The Morgan fingerprint density at radius 1 is 0.829 bits per heavy atom. The van der Waals surface area contributed by atoms with Crippen LogP contribution in [0.15, 0.2) is 103 Å². The van der Waals surface area contributed by atoms with Gasteiger partial charge < -0.3 is 4.74 Å². The van der Waals surface area contributed by atoms with Crippen LogP contribution in [0.3, 0.4) is 0 Å².